The van der Waals surface area contributed by atoms with E-state index in [2.05, 4.69) is 27.1 Å². The van der Waals surface area contributed by atoms with E-state index in [0.29, 0.717) is 23.6 Å². The number of hydrogen-bond acceptors (Lipinski definition) is 5. The topological polar surface area (TPSA) is 57.7 Å². The number of nitrogens with one attached hydrogen (secondary N) is 1. The standard InChI is InChI=1S/C24H25FN4O2/c1-28-11-13-29(14-12-28)23-10-9-21(16-26-23)27-24(30)19-3-2-4-22(15-19)31-17-18-5-7-20(25)8-6-18/h2-10,15-16H,11-14,17H2,1H3,(H,27,30). The van der Waals surface area contributed by atoms with Crippen LogP contribution in [0.2, 0.25) is 0 Å². The van der Waals surface area contributed by atoms with Crippen molar-refractivity contribution in [2.45, 2.75) is 6.61 Å². The first kappa shape index (κ1) is 20.8. The Kier molecular flexibility index (Phi) is 6.43. The summed E-state index contributed by atoms with van der Waals surface area (Å²) in [5.74, 6) is 0.970. The predicted octanol–water partition coefficient (Wildman–Crippen LogP) is 3.80. The van der Waals surface area contributed by atoms with Gasteiger partial charge in [-0.3, -0.25) is 4.79 Å². The highest BCUT2D eigenvalue weighted by Gasteiger charge is 2.15. The highest BCUT2D eigenvalue weighted by atomic mass is 19.1. The molecule has 0 unspecified atom stereocenters. The van der Waals surface area contributed by atoms with Crippen molar-refractivity contribution in [3.8, 4) is 5.75 Å². The third kappa shape index (κ3) is 5.58. The van der Waals surface area contributed by atoms with Gasteiger partial charge in [-0.25, -0.2) is 9.37 Å². The molecule has 1 aliphatic heterocycles. The molecular formula is C24H25FN4O2. The second-order valence-electron chi connectivity index (χ2n) is 7.59. The summed E-state index contributed by atoms with van der Waals surface area (Å²) in [4.78, 5) is 21.7. The number of aromatic nitrogens is 1. The van der Waals surface area contributed by atoms with Crippen LogP contribution in [0.3, 0.4) is 0 Å². The van der Waals surface area contributed by atoms with E-state index in [-0.39, 0.29) is 11.7 Å². The highest BCUT2D eigenvalue weighted by Crippen LogP contribution is 2.19. The molecule has 0 aliphatic carbocycles. The van der Waals surface area contributed by atoms with E-state index in [1.807, 2.05) is 12.1 Å². The van der Waals surface area contributed by atoms with Crippen LogP contribution in [0.1, 0.15) is 15.9 Å². The van der Waals surface area contributed by atoms with Crippen molar-refractivity contribution in [3.63, 3.8) is 0 Å². The van der Waals surface area contributed by atoms with Crippen molar-refractivity contribution >= 4 is 17.4 Å². The zero-order valence-corrected chi connectivity index (χ0v) is 17.4. The summed E-state index contributed by atoms with van der Waals surface area (Å²) in [6, 6.07) is 16.9. The molecule has 1 fully saturated rings. The molecule has 1 aliphatic rings. The van der Waals surface area contributed by atoms with Crippen molar-refractivity contribution in [2.75, 3.05) is 43.4 Å². The van der Waals surface area contributed by atoms with Crippen LogP contribution in [0.5, 0.6) is 5.75 Å². The van der Waals surface area contributed by atoms with Crippen molar-refractivity contribution in [3.05, 3.63) is 83.8 Å². The second-order valence-corrected chi connectivity index (χ2v) is 7.59. The number of likely N-dealkylation sites (N-methyl/N-ethyl adjacent to an activating group) is 1. The molecule has 160 valence electrons. The van der Waals surface area contributed by atoms with Crippen LogP contribution in [0.15, 0.2) is 66.9 Å². The first-order chi connectivity index (χ1) is 15.1. The molecule has 0 radical (unpaired) electrons. The fraction of sp³-hybridized carbons (Fsp3) is 0.250. The van der Waals surface area contributed by atoms with Crippen LogP contribution in [-0.2, 0) is 6.61 Å². The number of piperazine rings is 1. The van der Waals surface area contributed by atoms with Gasteiger partial charge in [0.2, 0.25) is 0 Å². The molecule has 1 saturated heterocycles. The Balaban J connectivity index is 1.35. The van der Waals surface area contributed by atoms with Crippen molar-refractivity contribution < 1.29 is 13.9 Å². The smallest absolute Gasteiger partial charge is 0.255 e. The maximum Gasteiger partial charge on any atom is 0.255 e. The zero-order valence-electron chi connectivity index (χ0n) is 17.4. The van der Waals surface area contributed by atoms with Crippen molar-refractivity contribution in [2.24, 2.45) is 0 Å². The summed E-state index contributed by atoms with van der Waals surface area (Å²) >= 11 is 0. The van der Waals surface area contributed by atoms with Gasteiger partial charge < -0.3 is 19.9 Å². The molecule has 3 aromatic rings. The van der Waals surface area contributed by atoms with E-state index < -0.39 is 0 Å². The van der Waals surface area contributed by atoms with Gasteiger partial charge in [0.05, 0.1) is 11.9 Å². The lowest BCUT2D eigenvalue weighted by atomic mass is 10.2. The first-order valence-corrected chi connectivity index (χ1v) is 10.2. The van der Waals surface area contributed by atoms with E-state index in [1.54, 1.807) is 42.6 Å². The molecule has 1 amide bonds. The number of rotatable bonds is 6. The number of ether oxygens (including phenoxy) is 1. The Bertz CT molecular complexity index is 1020. The molecule has 1 N–H and O–H groups in total. The maximum atomic E-state index is 13.0. The first-order valence-electron chi connectivity index (χ1n) is 10.2. The minimum Gasteiger partial charge on any atom is -0.489 e. The molecule has 0 spiro atoms. The Labute approximate surface area is 181 Å². The highest BCUT2D eigenvalue weighted by molar-refractivity contribution is 6.04. The maximum absolute atomic E-state index is 13.0. The average Bonchev–Trinajstić information content (AvgIpc) is 2.80. The summed E-state index contributed by atoms with van der Waals surface area (Å²) in [5, 5.41) is 2.88. The van der Waals surface area contributed by atoms with E-state index >= 15 is 0 Å². The minimum absolute atomic E-state index is 0.235. The third-order valence-electron chi connectivity index (χ3n) is 5.25. The molecule has 4 rings (SSSR count). The van der Waals surface area contributed by atoms with Crippen molar-refractivity contribution in [1.82, 2.24) is 9.88 Å². The lowest BCUT2D eigenvalue weighted by Crippen LogP contribution is -2.44. The van der Waals surface area contributed by atoms with Gasteiger partial charge in [0.1, 0.15) is 24.0 Å². The van der Waals surface area contributed by atoms with Gasteiger partial charge in [0, 0.05) is 31.7 Å². The number of carbonyl (C=O) groups is 1. The summed E-state index contributed by atoms with van der Waals surface area (Å²) in [5.41, 5.74) is 1.98. The number of halogens is 1. The molecule has 0 bridgehead atoms. The van der Waals surface area contributed by atoms with Gasteiger partial charge in [-0.15, -0.1) is 0 Å². The number of benzene rings is 2. The monoisotopic (exact) mass is 420 g/mol. The third-order valence-corrected chi connectivity index (χ3v) is 5.25. The van der Waals surface area contributed by atoms with Crippen LogP contribution in [0.25, 0.3) is 0 Å². The summed E-state index contributed by atoms with van der Waals surface area (Å²) in [6.45, 7) is 4.21. The van der Waals surface area contributed by atoms with Crippen molar-refractivity contribution in [1.29, 1.82) is 0 Å². The molecule has 1 aromatic heterocycles. The van der Waals surface area contributed by atoms with E-state index in [0.717, 1.165) is 37.6 Å². The van der Waals surface area contributed by atoms with Gasteiger partial charge in [-0.05, 0) is 55.1 Å². The largest absolute Gasteiger partial charge is 0.489 e. The lowest BCUT2D eigenvalue weighted by molar-refractivity contribution is 0.102. The lowest BCUT2D eigenvalue weighted by Gasteiger charge is -2.33. The van der Waals surface area contributed by atoms with Crippen LogP contribution < -0.4 is 15.0 Å². The van der Waals surface area contributed by atoms with Gasteiger partial charge in [0.15, 0.2) is 0 Å². The second kappa shape index (κ2) is 9.57. The Morgan fingerprint density at radius 1 is 1.06 bits per heavy atom. The van der Waals surface area contributed by atoms with Crippen LogP contribution in [0.4, 0.5) is 15.9 Å². The van der Waals surface area contributed by atoms with Crippen LogP contribution in [0, 0.1) is 5.82 Å². The molecule has 7 heteroatoms. The molecule has 31 heavy (non-hydrogen) atoms. The summed E-state index contributed by atoms with van der Waals surface area (Å²) < 4.78 is 18.7. The SMILES string of the molecule is CN1CCN(c2ccc(NC(=O)c3cccc(OCc4ccc(F)cc4)c3)cn2)CC1. The number of nitrogens with zero attached hydrogens (tertiary/aromatic N) is 3. The number of hydrogen-bond donors (Lipinski definition) is 1. The minimum atomic E-state index is -0.284. The van der Waals surface area contributed by atoms with E-state index in [9.17, 15) is 9.18 Å². The average molecular weight is 420 g/mol. The Hall–Kier alpha value is -3.45. The van der Waals surface area contributed by atoms with Gasteiger partial charge >= 0.3 is 0 Å². The van der Waals surface area contributed by atoms with Gasteiger partial charge in [-0.2, -0.15) is 0 Å². The fourth-order valence-corrected chi connectivity index (χ4v) is 3.36. The number of pyridine rings is 1. The number of amides is 1. The van der Waals surface area contributed by atoms with Crippen LogP contribution in [-0.4, -0.2) is 49.0 Å². The quantitative estimate of drug-likeness (QED) is 0.657. The van der Waals surface area contributed by atoms with Gasteiger partial charge in [0.25, 0.3) is 5.91 Å². The van der Waals surface area contributed by atoms with Gasteiger partial charge in [-0.1, -0.05) is 18.2 Å². The molecular weight excluding hydrogens is 395 g/mol. The molecule has 2 heterocycles. The summed E-state index contributed by atoms with van der Waals surface area (Å²) in [6.07, 6.45) is 1.68. The zero-order chi connectivity index (χ0) is 21.6. The normalized spacial score (nSPS) is 14.3. The molecule has 0 atom stereocenters. The van der Waals surface area contributed by atoms with E-state index in [1.165, 1.54) is 12.1 Å². The fourth-order valence-electron chi connectivity index (χ4n) is 3.36. The summed E-state index contributed by atoms with van der Waals surface area (Å²) in [7, 11) is 2.12. The predicted molar refractivity (Wildman–Crippen MR) is 119 cm³/mol. The van der Waals surface area contributed by atoms with Crippen LogP contribution >= 0.6 is 0 Å². The molecule has 2 aromatic carbocycles. The van der Waals surface area contributed by atoms with E-state index in [4.69, 9.17) is 4.74 Å². The number of anilines is 2. The Morgan fingerprint density at radius 2 is 1.84 bits per heavy atom. The Morgan fingerprint density at radius 3 is 2.55 bits per heavy atom. The molecule has 6 nitrogen and oxygen atoms in total. The number of carbonyl (C=O) groups excluding carboxylic acids is 1. The molecule has 0 saturated carbocycles.